The van der Waals surface area contributed by atoms with Gasteiger partial charge in [0.05, 0.1) is 6.10 Å². The molecule has 1 heterocycles. The second-order valence-electron chi connectivity index (χ2n) is 5.87. The first kappa shape index (κ1) is 18.0. The van der Waals surface area contributed by atoms with E-state index in [1.165, 1.54) is 0 Å². The molecule has 130 valence electrons. The van der Waals surface area contributed by atoms with Gasteiger partial charge in [-0.25, -0.2) is 4.98 Å². The van der Waals surface area contributed by atoms with E-state index in [1.54, 1.807) is 13.1 Å². The molecule has 0 amide bonds. The van der Waals surface area contributed by atoms with Crippen molar-refractivity contribution < 1.29 is 9.84 Å². The van der Waals surface area contributed by atoms with Gasteiger partial charge in [0, 0.05) is 22.3 Å². The van der Waals surface area contributed by atoms with E-state index in [0.29, 0.717) is 16.5 Å². The molecular formula is C22H18ClNO2. The van der Waals surface area contributed by atoms with Gasteiger partial charge < -0.3 is 9.84 Å². The summed E-state index contributed by atoms with van der Waals surface area (Å²) in [5.41, 5.74) is 3.66. The molecule has 3 rings (SSSR count). The Labute approximate surface area is 158 Å². The summed E-state index contributed by atoms with van der Waals surface area (Å²) < 4.78 is 5.43. The summed E-state index contributed by atoms with van der Waals surface area (Å²) in [6.07, 6.45) is 1.32. The first-order valence-corrected chi connectivity index (χ1v) is 8.63. The van der Waals surface area contributed by atoms with Crippen molar-refractivity contribution in [2.75, 3.05) is 6.61 Å². The lowest BCUT2D eigenvalue weighted by Crippen LogP contribution is -2.12. The minimum Gasteiger partial charge on any atom is -0.491 e. The van der Waals surface area contributed by atoms with Gasteiger partial charge in [-0.3, -0.25) is 0 Å². The highest BCUT2D eigenvalue weighted by atomic mass is 35.5. The van der Waals surface area contributed by atoms with Crippen LogP contribution in [0.5, 0.6) is 5.75 Å². The maximum atomic E-state index is 9.22. The summed E-state index contributed by atoms with van der Waals surface area (Å²) >= 11 is 5.91. The van der Waals surface area contributed by atoms with Gasteiger partial charge in [0.25, 0.3) is 0 Å². The molecule has 0 saturated heterocycles. The van der Waals surface area contributed by atoms with Crippen molar-refractivity contribution in [3.63, 3.8) is 0 Å². The van der Waals surface area contributed by atoms with E-state index in [4.69, 9.17) is 16.3 Å². The smallest absolute Gasteiger partial charge is 0.119 e. The monoisotopic (exact) mass is 363 g/mol. The molecule has 26 heavy (non-hydrogen) atoms. The molecule has 4 heteroatoms. The molecule has 1 N–H and O–H groups in total. The zero-order chi connectivity index (χ0) is 18.4. The molecule has 1 aromatic heterocycles. The third-order valence-electron chi connectivity index (χ3n) is 3.62. The van der Waals surface area contributed by atoms with Crippen molar-refractivity contribution in [3.05, 3.63) is 83.1 Å². The van der Waals surface area contributed by atoms with Crippen LogP contribution in [0.2, 0.25) is 5.02 Å². The quantitative estimate of drug-likeness (QED) is 0.691. The van der Waals surface area contributed by atoms with Gasteiger partial charge in [0.2, 0.25) is 0 Å². The molecule has 0 aliphatic heterocycles. The zero-order valence-electron chi connectivity index (χ0n) is 14.3. The molecule has 0 radical (unpaired) electrons. The summed E-state index contributed by atoms with van der Waals surface area (Å²) in [4.78, 5) is 4.40. The number of benzene rings is 2. The van der Waals surface area contributed by atoms with Gasteiger partial charge >= 0.3 is 0 Å². The Morgan fingerprint density at radius 1 is 0.962 bits per heavy atom. The Morgan fingerprint density at radius 2 is 1.65 bits per heavy atom. The van der Waals surface area contributed by atoms with Gasteiger partial charge in [0.1, 0.15) is 18.1 Å². The summed E-state index contributed by atoms with van der Waals surface area (Å²) in [7, 11) is 0. The van der Waals surface area contributed by atoms with Crippen LogP contribution in [-0.2, 0) is 0 Å². The minimum absolute atomic E-state index is 0.273. The van der Waals surface area contributed by atoms with E-state index in [-0.39, 0.29) is 6.61 Å². The van der Waals surface area contributed by atoms with Crippen LogP contribution in [0.4, 0.5) is 0 Å². The molecule has 3 aromatic rings. The number of rotatable bonds is 4. The van der Waals surface area contributed by atoms with Gasteiger partial charge in [-0.15, -0.1) is 0 Å². The highest BCUT2D eigenvalue weighted by molar-refractivity contribution is 6.30. The van der Waals surface area contributed by atoms with Gasteiger partial charge in [-0.2, -0.15) is 0 Å². The maximum absolute atomic E-state index is 9.22. The second kappa shape index (κ2) is 8.53. The number of aliphatic hydroxyl groups is 1. The zero-order valence-corrected chi connectivity index (χ0v) is 15.1. The average molecular weight is 364 g/mol. The molecule has 3 nitrogen and oxygen atoms in total. The number of ether oxygens (including phenoxy) is 1. The predicted octanol–water partition coefficient (Wildman–Crippen LogP) is 4.56. The van der Waals surface area contributed by atoms with Crippen molar-refractivity contribution in [1.82, 2.24) is 4.98 Å². The SMILES string of the molecule is CC(O)COc1ccc(C#Cc2ccc(-c3ccc(Cl)cc3)cn2)cc1. The van der Waals surface area contributed by atoms with E-state index >= 15 is 0 Å². The average Bonchev–Trinajstić information content (AvgIpc) is 2.66. The third kappa shape index (κ3) is 5.10. The summed E-state index contributed by atoms with van der Waals surface area (Å²) in [5.74, 6) is 6.85. The molecule has 0 bridgehead atoms. The molecular weight excluding hydrogens is 346 g/mol. The number of aliphatic hydroxyl groups excluding tert-OH is 1. The van der Waals surface area contributed by atoms with Crippen molar-refractivity contribution >= 4 is 11.6 Å². The first-order valence-electron chi connectivity index (χ1n) is 8.25. The van der Waals surface area contributed by atoms with E-state index in [2.05, 4.69) is 16.8 Å². The largest absolute Gasteiger partial charge is 0.491 e. The fraction of sp³-hybridized carbons (Fsp3) is 0.136. The number of aromatic nitrogens is 1. The normalized spacial score (nSPS) is 11.3. The van der Waals surface area contributed by atoms with Gasteiger partial charge in [-0.1, -0.05) is 35.7 Å². The molecule has 0 aliphatic carbocycles. The Balaban J connectivity index is 1.67. The highest BCUT2D eigenvalue weighted by Gasteiger charge is 1.99. The fourth-order valence-electron chi connectivity index (χ4n) is 2.27. The summed E-state index contributed by atoms with van der Waals surface area (Å²) in [5, 5.41) is 9.94. The van der Waals surface area contributed by atoms with Gasteiger partial charge in [0.15, 0.2) is 0 Å². The van der Waals surface area contributed by atoms with Crippen LogP contribution in [0.1, 0.15) is 18.2 Å². The van der Waals surface area contributed by atoms with Crippen LogP contribution in [0, 0.1) is 11.8 Å². The minimum atomic E-state index is -0.489. The lowest BCUT2D eigenvalue weighted by Gasteiger charge is -2.07. The number of halogens is 1. The Morgan fingerprint density at radius 3 is 2.27 bits per heavy atom. The number of pyridine rings is 1. The van der Waals surface area contributed by atoms with E-state index in [1.807, 2.05) is 60.7 Å². The lowest BCUT2D eigenvalue weighted by molar-refractivity contribution is 0.123. The predicted molar refractivity (Wildman–Crippen MR) is 104 cm³/mol. The van der Waals surface area contributed by atoms with E-state index in [9.17, 15) is 5.11 Å². The van der Waals surface area contributed by atoms with Crippen molar-refractivity contribution in [1.29, 1.82) is 0 Å². The molecule has 1 unspecified atom stereocenters. The molecule has 0 saturated carbocycles. The van der Waals surface area contributed by atoms with Crippen LogP contribution in [-0.4, -0.2) is 22.8 Å². The van der Waals surface area contributed by atoms with Crippen molar-refractivity contribution in [3.8, 4) is 28.7 Å². The standard InChI is InChI=1S/C22H18ClNO2/c1-16(25)15-26-22-12-3-17(4-13-22)2-10-21-11-7-19(14-24-21)18-5-8-20(23)9-6-18/h3-9,11-14,16,25H,15H2,1H3. The van der Waals surface area contributed by atoms with E-state index < -0.39 is 6.10 Å². The molecule has 0 fully saturated rings. The molecule has 0 aliphatic rings. The van der Waals surface area contributed by atoms with Crippen LogP contribution in [0.25, 0.3) is 11.1 Å². The van der Waals surface area contributed by atoms with Gasteiger partial charge in [-0.05, 0) is 60.9 Å². The van der Waals surface area contributed by atoms with Crippen molar-refractivity contribution in [2.45, 2.75) is 13.0 Å². The fourth-order valence-corrected chi connectivity index (χ4v) is 2.39. The molecule has 0 spiro atoms. The Bertz CT molecular complexity index is 906. The van der Waals surface area contributed by atoms with Crippen molar-refractivity contribution in [2.24, 2.45) is 0 Å². The topological polar surface area (TPSA) is 42.4 Å². The molecule has 1 atom stereocenters. The number of hydrogen-bond donors (Lipinski definition) is 1. The summed E-state index contributed by atoms with van der Waals surface area (Å²) in [6.45, 7) is 1.96. The van der Waals surface area contributed by atoms with Crippen LogP contribution in [0.15, 0.2) is 66.9 Å². The van der Waals surface area contributed by atoms with Crippen LogP contribution >= 0.6 is 11.6 Å². The third-order valence-corrected chi connectivity index (χ3v) is 3.87. The highest BCUT2D eigenvalue weighted by Crippen LogP contribution is 2.20. The summed E-state index contributed by atoms with van der Waals surface area (Å²) in [6, 6.07) is 19.0. The lowest BCUT2D eigenvalue weighted by atomic mass is 10.1. The van der Waals surface area contributed by atoms with Crippen LogP contribution in [0.3, 0.4) is 0 Å². The number of hydrogen-bond acceptors (Lipinski definition) is 3. The molecule has 2 aromatic carbocycles. The number of nitrogens with zero attached hydrogens (tertiary/aromatic N) is 1. The van der Waals surface area contributed by atoms with Crippen LogP contribution < -0.4 is 4.74 Å². The maximum Gasteiger partial charge on any atom is 0.119 e. The van der Waals surface area contributed by atoms with E-state index in [0.717, 1.165) is 16.7 Å². The Kier molecular flexibility index (Phi) is 5.91. The second-order valence-corrected chi connectivity index (χ2v) is 6.31. The first-order chi connectivity index (χ1) is 12.6. The Hall–Kier alpha value is -2.80.